The molecular weight excluding hydrogens is 468 g/mol. The van der Waals surface area contributed by atoms with Crippen LogP contribution in [0.5, 0.6) is 5.75 Å². The maximum Gasteiger partial charge on any atom is 0.248 e. The van der Waals surface area contributed by atoms with Crippen molar-refractivity contribution in [3.05, 3.63) is 76.2 Å². The largest absolute Gasteiger partial charge is 0.496 e. The van der Waals surface area contributed by atoms with E-state index in [1.165, 1.54) is 6.07 Å². The molecule has 0 aliphatic rings. The molecule has 0 saturated carbocycles. The summed E-state index contributed by atoms with van der Waals surface area (Å²) in [6, 6.07) is 17.4. The van der Waals surface area contributed by atoms with Gasteiger partial charge in [0, 0.05) is 46.6 Å². The average Bonchev–Trinajstić information content (AvgIpc) is 3.32. The number of Topliss-reactive ketones (excluding diaryl/α,β-unsaturated/α-hetero) is 1. The number of carbonyl (C=O) groups is 2. The lowest BCUT2D eigenvalue weighted by Crippen LogP contribution is -2.40. The Hall–Kier alpha value is -4.38. The summed E-state index contributed by atoms with van der Waals surface area (Å²) in [5.41, 5.74) is 2.27. The summed E-state index contributed by atoms with van der Waals surface area (Å²) in [4.78, 5) is 44.5. The molecule has 4 rings (SSSR count). The van der Waals surface area contributed by atoms with Gasteiger partial charge in [0.25, 0.3) is 0 Å². The molecule has 2 atom stereocenters. The summed E-state index contributed by atoms with van der Waals surface area (Å²) in [5.74, 6) is -0.311. The molecular formula is C29H30N4O4. The fourth-order valence-corrected chi connectivity index (χ4v) is 4.73. The van der Waals surface area contributed by atoms with Gasteiger partial charge in [0.2, 0.25) is 11.5 Å². The van der Waals surface area contributed by atoms with Crippen LogP contribution in [0.1, 0.15) is 42.7 Å². The first-order chi connectivity index (χ1) is 17.8. The number of pyridine rings is 1. The number of carbonyl (C=O) groups excluding carboxylic acids is 2. The highest BCUT2D eigenvalue weighted by atomic mass is 16.5. The third-order valence-electron chi connectivity index (χ3n) is 6.44. The maximum atomic E-state index is 13.3. The van der Waals surface area contributed by atoms with Crippen molar-refractivity contribution < 1.29 is 14.3 Å². The second-order valence-electron chi connectivity index (χ2n) is 9.66. The molecule has 0 spiro atoms. The monoisotopic (exact) mass is 498 g/mol. The molecule has 0 radical (unpaired) electrons. The summed E-state index contributed by atoms with van der Waals surface area (Å²) in [6.45, 7) is 3.98. The average molecular weight is 499 g/mol. The number of fused-ring (bicyclic) bond motifs is 2. The van der Waals surface area contributed by atoms with Crippen LogP contribution in [0.3, 0.4) is 0 Å². The standard InChI is InChI=1S/C29H30N4O4/c1-17(2)11-19(13-26(34)25-15-22-24(32-25)9-6-10-27(22)37-3)29(36)31-20(16-30)12-18-14-28(35)33-23-8-5-4-7-21(18)23/h4-10,14-15,17,19-20,32H,11-13H2,1-3H3,(H,31,36)(H,33,35)/t19-,20+/m1/s1. The smallest absolute Gasteiger partial charge is 0.248 e. The Labute approximate surface area is 214 Å². The molecule has 8 heteroatoms. The normalized spacial score (nSPS) is 12.8. The van der Waals surface area contributed by atoms with Crippen molar-refractivity contribution in [2.24, 2.45) is 11.8 Å². The number of hydrogen-bond donors (Lipinski definition) is 3. The summed E-state index contributed by atoms with van der Waals surface area (Å²) in [6.07, 6.45) is 0.676. The number of nitriles is 1. The number of ether oxygens (including phenoxy) is 1. The number of nitrogens with zero attached hydrogens (tertiary/aromatic N) is 1. The molecule has 37 heavy (non-hydrogen) atoms. The number of ketones is 1. The van der Waals surface area contributed by atoms with Gasteiger partial charge in [0.15, 0.2) is 5.78 Å². The Balaban J connectivity index is 1.52. The fourth-order valence-electron chi connectivity index (χ4n) is 4.73. The topological polar surface area (TPSA) is 128 Å². The van der Waals surface area contributed by atoms with Crippen molar-refractivity contribution >= 4 is 33.5 Å². The van der Waals surface area contributed by atoms with Gasteiger partial charge in [-0.25, -0.2) is 0 Å². The number of H-pyrrole nitrogens is 2. The van der Waals surface area contributed by atoms with Crippen LogP contribution in [0.25, 0.3) is 21.8 Å². The van der Waals surface area contributed by atoms with E-state index in [0.717, 1.165) is 16.3 Å². The van der Waals surface area contributed by atoms with E-state index in [2.05, 4.69) is 21.4 Å². The van der Waals surface area contributed by atoms with Crippen LogP contribution in [0, 0.1) is 23.2 Å². The number of methoxy groups -OCH3 is 1. The number of aromatic nitrogens is 2. The molecule has 1 amide bonds. The van der Waals surface area contributed by atoms with E-state index < -0.39 is 12.0 Å². The van der Waals surface area contributed by atoms with Gasteiger partial charge >= 0.3 is 0 Å². The highest BCUT2D eigenvalue weighted by Crippen LogP contribution is 2.27. The Morgan fingerprint density at radius 3 is 2.49 bits per heavy atom. The Morgan fingerprint density at radius 2 is 1.76 bits per heavy atom. The Bertz CT molecular complexity index is 1540. The number of rotatable bonds is 10. The number of amides is 1. The molecule has 0 bridgehead atoms. The molecule has 4 aromatic rings. The predicted molar refractivity (Wildman–Crippen MR) is 143 cm³/mol. The van der Waals surface area contributed by atoms with Crippen molar-refractivity contribution in [3.8, 4) is 11.8 Å². The molecule has 0 saturated heterocycles. The van der Waals surface area contributed by atoms with Gasteiger partial charge in [-0.2, -0.15) is 5.26 Å². The van der Waals surface area contributed by atoms with Crippen molar-refractivity contribution in [2.75, 3.05) is 7.11 Å². The van der Waals surface area contributed by atoms with Crippen molar-refractivity contribution in [1.29, 1.82) is 5.26 Å². The lowest BCUT2D eigenvalue weighted by Gasteiger charge is -2.20. The van der Waals surface area contributed by atoms with E-state index in [0.29, 0.717) is 28.9 Å². The van der Waals surface area contributed by atoms with Gasteiger partial charge in [-0.05, 0) is 42.2 Å². The molecule has 0 fully saturated rings. The van der Waals surface area contributed by atoms with Crippen LogP contribution >= 0.6 is 0 Å². The van der Waals surface area contributed by atoms with Gasteiger partial charge in [-0.15, -0.1) is 0 Å². The molecule has 8 nitrogen and oxygen atoms in total. The Kier molecular flexibility index (Phi) is 7.73. The Morgan fingerprint density at radius 1 is 1.03 bits per heavy atom. The summed E-state index contributed by atoms with van der Waals surface area (Å²) in [5, 5.41) is 14.2. The third kappa shape index (κ3) is 5.89. The SMILES string of the molecule is COc1cccc2[nH]c(C(=O)C[C@@H](CC(C)C)C(=O)N[C@H](C#N)Cc3cc(=O)[nH]c4ccccc34)cc12. The number of aromatic amines is 2. The molecule has 2 aromatic carbocycles. The minimum absolute atomic E-state index is 0.00519. The summed E-state index contributed by atoms with van der Waals surface area (Å²) < 4.78 is 5.38. The lowest BCUT2D eigenvalue weighted by molar-refractivity contribution is -0.125. The number of benzene rings is 2. The molecule has 0 aliphatic heterocycles. The highest BCUT2D eigenvalue weighted by molar-refractivity contribution is 6.02. The van der Waals surface area contributed by atoms with Crippen LogP contribution in [0.4, 0.5) is 0 Å². The fraction of sp³-hybridized carbons (Fsp3) is 0.310. The van der Waals surface area contributed by atoms with Crippen LogP contribution in [0.2, 0.25) is 0 Å². The van der Waals surface area contributed by atoms with Crippen LogP contribution in [0.15, 0.2) is 59.4 Å². The van der Waals surface area contributed by atoms with E-state index >= 15 is 0 Å². The van der Waals surface area contributed by atoms with E-state index in [9.17, 15) is 19.6 Å². The first-order valence-corrected chi connectivity index (χ1v) is 12.3. The van der Waals surface area contributed by atoms with Crippen LogP contribution < -0.4 is 15.6 Å². The number of hydrogen-bond acceptors (Lipinski definition) is 5. The van der Waals surface area contributed by atoms with E-state index in [4.69, 9.17) is 4.74 Å². The zero-order valence-corrected chi connectivity index (χ0v) is 21.1. The summed E-state index contributed by atoms with van der Waals surface area (Å²) in [7, 11) is 1.58. The summed E-state index contributed by atoms with van der Waals surface area (Å²) >= 11 is 0. The van der Waals surface area contributed by atoms with Gasteiger partial charge in [-0.1, -0.05) is 38.1 Å². The second kappa shape index (κ2) is 11.1. The highest BCUT2D eigenvalue weighted by Gasteiger charge is 2.27. The maximum absolute atomic E-state index is 13.3. The zero-order valence-electron chi connectivity index (χ0n) is 21.1. The van der Waals surface area contributed by atoms with Crippen molar-refractivity contribution in [2.45, 2.75) is 39.2 Å². The molecule has 0 aliphatic carbocycles. The van der Waals surface area contributed by atoms with Crippen molar-refractivity contribution in [3.63, 3.8) is 0 Å². The van der Waals surface area contributed by atoms with Crippen LogP contribution in [-0.2, 0) is 11.2 Å². The van der Waals surface area contributed by atoms with Gasteiger partial charge in [0.1, 0.15) is 11.8 Å². The van der Waals surface area contributed by atoms with Gasteiger partial charge in [-0.3, -0.25) is 14.4 Å². The lowest BCUT2D eigenvalue weighted by atomic mass is 9.90. The van der Waals surface area contributed by atoms with Crippen LogP contribution in [-0.4, -0.2) is 34.8 Å². The van der Waals surface area contributed by atoms with Crippen molar-refractivity contribution in [1.82, 2.24) is 15.3 Å². The zero-order chi connectivity index (χ0) is 26.5. The number of para-hydroxylation sites is 1. The van der Waals surface area contributed by atoms with Gasteiger partial charge in [0.05, 0.1) is 18.9 Å². The first kappa shape index (κ1) is 25.7. The first-order valence-electron chi connectivity index (χ1n) is 12.3. The molecule has 190 valence electrons. The second-order valence-corrected chi connectivity index (χ2v) is 9.66. The quantitative estimate of drug-likeness (QED) is 0.277. The third-order valence-corrected chi connectivity index (χ3v) is 6.44. The minimum Gasteiger partial charge on any atom is -0.496 e. The molecule has 2 aromatic heterocycles. The van der Waals surface area contributed by atoms with E-state index in [1.54, 1.807) is 19.2 Å². The predicted octanol–water partition coefficient (Wildman–Crippen LogP) is 4.50. The van der Waals surface area contributed by atoms with E-state index in [1.807, 2.05) is 50.2 Å². The van der Waals surface area contributed by atoms with E-state index in [-0.39, 0.29) is 36.0 Å². The molecule has 2 heterocycles. The molecule has 0 unspecified atom stereocenters. The minimum atomic E-state index is -0.847. The molecule has 3 N–H and O–H groups in total. The number of nitrogens with one attached hydrogen (secondary N) is 3. The van der Waals surface area contributed by atoms with Gasteiger partial charge < -0.3 is 20.0 Å².